The number of thiophene rings is 1. The smallest absolute Gasteiger partial charge is 0.396 e. The fourth-order valence-electron chi connectivity index (χ4n) is 0.998. The van der Waals surface area contributed by atoms with Gasteiger partial charge >= 0.3 is 11.9 Å². The molecule has 6 heteroatoms. The van der Waals surface area contributed by atoms with Crippen molar-refractivity contribution in [1.82, 2.24) is 10.2 Å². The number of ether oxygens (including phenoxy) is 1. The fraction of sp³-hybridized carbons (Fsp3) is 0.222. The molecule has 2 rings (SSSR count). The van der Waals surface area contributed by atoms with Gasteiger partial charge in [-0.05, 0) is 18.4 Å². The van der Waals surface area contributed by atoms with Crippen LogP contribution in [0.1, 0.15) is 17.6 Å². The van der Waals surface area contributed by atoms with Crippen LogP contribution in [0, 0.1) is 0 Å². The minimum Gasteiger partial charge on any atom is -0.459 e. The Morgan fingerprint density at radius 1 is 1.60 bits per heavy atom. The second-order valence-corrected chi connectivity index (χ2v) is 3.56. The molecule has 2 heterocycles. The van der Waals surface area contributed by atoms with Crippen molar-refractivity contribution in [3.63, 3.8) is 0 Å². The number of hydrogen-bond donors (Lipinski definition) is 0. The van der Waals surface area contributed by atoms with Crippen LogP contribution >= 0.6 is 11.3 Å². The molecule has 0 fully saturated rings. The number of nitrogens with zero attached hydrogens (tertiary/aromatic N) is 2. The van der Waals surface area contributed by atoms with Crippen molar-refractivity contribution in [3.05, 3.63) is 23.4 Å². The maximum atomic E-state index is 11.2. The van der Waals surface area contributed by atoms with Crippen LogP contribution in [-0.4, -0.2) is 22.8 Å². The molecule has 0 unspecified atom stereocenters. The van der Waals surface area contributed by atoms with E-state index in [1.807, 2.05) is 17.5 Å². The molecule has 0 amide bonds. The lowest BCUT2D eigenvalue weighted by Crippen LogP contribution is -2.04. The van der Waals surface area contributed by atoms with E-state index < -0.39 is 5.97 Å². The summed E-state index contributed by atoms with van der Waals surface area (Å²) in [6, 6.07) is 3.71. The second kappa shape index (κ2) is 4.22. The zero-order valence-corrected chi connectivity index (χ0v) is 8.78. The third-order valence-electron chi connectivity index (χ3n) is 1.61. The molecule has 0 aliphatic carbocycles. The molecule has 0 saturated carbocycles. The predicted octanol–water partition coefficient (Wildman–Crippen LogP) is 1.97. The molecule has 0 aromatic carbocycles. The van der Waals surface area contributed by atoms with E-state index >= 15 is 0 Å². The molecule has 0 radical (unpaired) electrons. The number of esters is 1. The van der Waals surface area contributed by atoms with Crippen molar-refractivity contribution in [2.45, 2.75) is 6.92 Å². The monoisotopic (exact) mass is 224 g/mol. The Hall–Kier alpha value is -1.69. The summed E-state index contributed by atoms with van der Waals surface area (Å²) in [5, 5.41) is 9.25. The Labute approximate surface area is 89.7 Å². The van der Waals surface area contributed by atoms with E-state index in [9.17, 15) is 4.79 Å². The highest BCUT2D eigenvalue weighted by atomic mass is 32.1. The molecular weight excluding hydrogens is 216 g/mol. The van der Waals surface area contributed by atoms with E-state index in [2.05, 4.69) is 10.2 Å². The highest BCUT2D eigenvalue weighted by Crippen LogP contribution is 2.22. The first-order valence-electron chi connectivity index (χ1n) is 4.35. The highest BCUT2D eigenvalue weighted by Gasteiger charge is 2.16. The van der Waals surface area contributed by atoms with Crippen LogP contribution in [0.3, 0.4) is 0 Å². The molecule has 0 N–H and O–H groups in total. The molecule has 2 aromatic rings. The molecule has 0 bridgehead atoms. The standard InChI is InChI=1S/C9H8N2O3S/c1-2-13-9(12)8-11-10-7(14-8)6-4-3-5-15-6/h3-5H,2H2,1H3. The number of hydrogen-bond acceptors (Lipinski definition) is 6. The summed E-state index contributed by atoms with van der Waals surface area (Å²) < 4.78 is 9.88. The van der Waals surface area contributed by atoms with Crippen LogP contribution in [0.5, 0.6) is 0 Å². The summed E-state index contributed by atoms with van der Waals surface area (Å²) in [5.74, 6) is -0.360. The van der Waals surface area contributed by atoms with Crippen LogP contribution in [0.4, 0.5) is 0 Å². The predicted molar refractivity (Wildman–Crippen MR) is 53.6 cm³/mol. The molecule has 2 aromatic heterocycles. The zero-order valence-electron chi connectivity index (χ0n) is 7.97. The normalized spacial score (nSPS) is 10.2. The first kappa shape index (κ1) is 9.85. The topological polar surface area (TPSA) is 65.2 Å². The third-order valence-corrected chi connectivity index (χ3v) is 2.46. The maximum absolute atomic E-state index is 11.2. The van der Waals surface area contributed by atoms with Gasteiger partial charge in [0.05, 0.1) is 11.5 Å². The van der Waals surface area contributed by atoms with E-state index in [4.69, 9.17) is 9.15 Å². The summed E-state index contributed by atoms with van der Waals surface area (Å²) in [6.07, 6.45) is 0. The molecule has 78 valence electrons. The van der Waals surface area contributed by atoms with Crippen molar-refractivity contribution < 1.29 is 13.9 Å². The Balaban J connectivity index is 2.21. The van der Waals surface area contributed by atoms with E-state index in [0.29, 0.717) is 5.89 Å². The fourth-order valence-corrected chi connectivity index (χ4v) is 1.64. The molecular formula is C9H8N2O3S. The van der Waals surface area contributed by atoms with Gasteiger partial charge in [-0.1, -0.05) is 6.07 Å². The Morgan fingerprint density at radius 3 is 3.13 bits per heavy atom. The summed E-state index contributed by atoms with van der Waals surface area (Å²) in [7, 11) is 0. The van der Waals surface area contributed by atoms with Crippen LogP contribution in [-0.2, 0) is 4.74 Å². The third kappa shape index (κ3) is 2.04. The minimum absolute atomic E-state index is 0.111. The minimum atomic E-state index is -0.590. The highest BCUT2D eigenvalue weighted by molar-refractivity contribution is 7.13. The van der Waals surface area contributed by atoms with Crippen molar-refractivity contribution in [2.24, 2.45) is 0 Å². The summed E-state index contributed by atoms with van der Waals surface area (Å²) in [6.45, 7) is 2.00. The molecule has 0 saturated heterocycles. The van der Waals surface area contributed by atoms with E-state index in [-0.39, 0.29) is 12.5 Å². The summed E-state index contributed by atoms with van der Waals surface area (Å²) in [4.78, 5) is 12.0. The Morgan fingerprint density at radius 2 is 2.47 bits per heavy atom. The van der Waals surface area contributed by atoms with Gasteiger partial charge in [0.1, 0.15) is 0 Å². The van der Waals surface area contributed by atoms with Crippen molar-refractivity contribution >= 4 is 17.3 Å². The van der Waals surface area contributed by atoms with Gasteiger partial charge in [0.2, 0.25) is 0 Å². The van der Waals surface area contributed by atoms with Crippen LogP contribution < -0.4 is 0 Å². The van der Waals surface area contributed by atoms with E-state index in [0.717, 1.165) is 4.88 Å². The van der Waals surface area contributed by atoms with Gasteiger partial charge in [-0.15, -0.1) is 21.5 Å². The molecule has 0 aliphatic rings. The Bertz CT molecular complexity index is 450. The average molecular weight is 224 g/mol. The van der Waals surface area contributed by atoms with Crippen LogP contribution in [0.2, 0.25) is 0 Å². The lowest BCUT2D eigenvalue weighted by Gasteiger charge is -1.93. The molecule has 5 nitrogen and oxygen atoms in total. The van der Waals surface area contributed by atoms with Crippen molar-refractivity contribution in [1.29, 1.82) is 0 Å². The second-order valence-electron chi connectivity index (χ2n) is 2.61. The van der Waals surface area contributed by atoms with Crippen LogP contribution in [0.15, 0.2) is 21.9 Å². The van der Waals surface area contributed by atoms with E-state index in [1.54, 1.807) is 6.92 Å². The quantitative estimate of drug-likeness (QED) is 0.746. The van der Waals surface area contributed by atoms with Gasteiger partial charge in [-0.2, -0.15) is 0 Å². The number of aromatic nitrogens is 2. The number of carbonyl (C=O) groups is 1. The van der Waals surface area contributed by atoms with Gasteiger partial charge in [0.15, 0.2) is 0 Å². The SMILES string of the molecule is CCOC(=O)c1nnc(-c2cccs2)o1. The summed E-state index contributed by atoms with van der Waals surface area (Å²) in [5.41, 5.74) is 0. The number of carbonyl (C=O) groups excluding carboxylic acids is 1. The Kier molecular flexibility index (Phi) is 2.77. The average Bonchev–Trinajstić information content (AvgIpc) is 2.89. The molecule has 0 atom stereocenters. The lowest BCUT2D eigenvalue weighted by atomic mass is 10.5. The first-order valence-corrected chi connectivity index (χ1v) is 5.23. The van der Waals surface area contributed by atoms with Gasteiger partial charge in [0.25, 0.3) is 5.89 Å². The summed E-state index contributed by atoms with van der Waals surface area (Å²) >= 11 is 1.47. The van der Waals surface area contributed by atoms with Crippen LogP contribution in [0.25, 0.3) is 10.8 Å². The lowest BCUT2D eigenvalue weighted by molar-refractivity contribution is 0.0481. The van der Waals surface area contributed by atoms with Gasteiger partial charge < -0.3 is 9.15 Å². The van der Waals surface area contributed by atoms with Crippen molar-refractivity contribution in [3.8, 4) is 10.8 Å². The maximum Gasteiger partial charge on any atom is 0.396 e. The molecule has 0 spiro atoms. The van der Waals surface area contributed by atoms with Gasteiger partial charge in [-0.25, -0.2) is 4.79 Å². The zero-order chi connectivity index (χ0) is 10.7. The molecule has 0 aliphatic heterocycles. The van der Waals surface area contributed by atoms with Gasteiger partial charge in [-0.3, -0.25) is 0 Å². The molecule has 15 heavy (non-hydrogen) atoms. The van der Waals surface area contributed by atoms with E-state index in [1.165, 1.54) is 11.3 Å². The van der Waals surface area contributed by atoms with Crippen molar-refractivity contribution in [2.75, 3.05) is 6.61 Å². The first-order chi connectivity index (χ1) is 7.31. The largest absolute Gasteiger partial charge is 0.459 e. The number of rotatable bonds is 3. The van der Waals surface area contributed by atoms with Gasteiger partial charge in [0, 0.05) is 0 Å².